The van der Waals surface area contributed by atoms with Crippen LogP contribution < -0.4 is 0 Å². The molecular formula is C17H22N2O8S. The summed E-state index contributed by atoms with van der Waals surface area (Å²) >= 11 is 0. The first-order valence-corrected chi connectivity index (χ1v) is 10.3. The first-order chi connectivity index (χ1) is 13.3. The highest BCUT2D eigenvalue weighted by atomic mass is 32.2. The van der Waals surface area contributed by atoms with Gasteiger partial charge in [-0.2, -0.15) is 10.1 Å². The van der Waals surface area contributed by atoms with E-state index in [4.69, 9.17) is 9.68 Å². The third kappa shape index (κ3) is 6.43. The largest absolute Gasteiger partial charge is 0.297 e. The molecule has 0 aromatic rings. The molecule has 0 bridgehead atoms. The van der Waals surface area contributed by atoms with Crippen molar-refractivity contribution in [2.75, 3.05) is 24.7 Å². The van der Waals surface area contributed by atoms with Crippen LogP contribution in [-0.2, 0) is 44.4 Å². The molecule has 0 aliphatic carbocycles. The fraction of sp³-hybridized carbons (Fsp3) is 0.588. The predicted molar refractivity (Wildman–Crippen MR) is 95.3 cm³/mol. The summed E-state index contributed by atoms with van der Waals surface area (Å²) in [5.74, 6) is -1.83. The van der Waals surface area contributed by atoms with Gasteiger partial charge in [-0.25, -0.2) is 0 Å². The van der Waals surface area contributed by atoms with Crippen molar-refractivity contribution < 1.29 is 37.9 Å². The molecule has 3 amide bonds. The van der Waals surface area contributed by atoms with Crippen molar-refractivity contribution >= 4 is 40.1 Å². The van der Waals surface area contributed by atoms with Crippen LogP contribution in [0.2, 0.25) is 0 Å². The van der Waals surface area contributed by atoms with Gasteiger partial charge in [-0.3, -0.25) is 37.9 Å². The van der Waals surface area contributed by atoms with Crippen molar-refractivity contribution in [3.05, 3.63) is 12.3 Å². The molecule has 154 valence electrons. The summed E-state index contributed by atoms with van der Waals surface area (Å²) in [4.78, 5) is 67.7. The molecule has 1 unspecified atom stereocenters. The van der Waals surface area contributed by atoms with Crippen LogP contribution in [0.1, 0.15) is 38.5 Å². The molecule has 2 aliphatic rings. The van der Waals surface area contributed by atoms with E-state index in [0.29, 0.717) is 23.6 Å². The van der Waals surface area contributed by atoms with Gasteiger partial charge in [0.2, 0.25) is 0 Å². The molecule has 0 N–H and O–H groups in total. The van der Waals surface area contributed by atoms with Crippen LogP contribution >= 0.6 is 0 Å². The van der Waals surface area contributed by atoms with E-state index in [-0.39, 0.29) is 55.5 Å². The normalized spacial score (nSPS) is 18.3. The van der Waals surface area contributed by atoms with Crippen LogP contribution in [0.3, 0.4) is 0 Å². The average molecular weight is 414 g/mol. The highest BCUT2D eigenvalue weighted by Crippen LogP contribution is 2.20. The van der Waals surface area contributed by atoms with Crippen molar-refractivity contribution in [2.24, 2.45) is 0 Å². The van der Waals surface area contributed by atoms with Crippen LogP contribution in [0.15, 0.2) is 12.3 Å². The van der Waals surface area contributed by atoms with Crippen molar-refractivity contribution in [1.29, 1.82) is 0 Å². The molecule has 2 heterocycles. The highest BCUT2D eigenvalue weighted by Gasteiger charge is 2.30. The maximum atomic E-state index is 11.9. The second kappa shape index (κ2) is 10.3. The zero-order chi connectivity index (χ0) is 20.7. The fourth-order valence-corrected chi connectivity index (χ4v) is 3.58. The van der Waals surface area contributed by atoms with Gasteiger partial charge in [-0.1, -0.05) is 6.58 Å². The summed E-state index contributed by atoms with van der Waals surface area (Å²) in [5.41, 5.74) is 0.499. The van der Waals surface area contributed by atoms with Gasteiger partial charge >= 0.3 is 0 Å². The summed E-state index contributed by atoms with van der Waals surface area (Å²) in [5, 5.41) is 1.61. The molecule has 10 nitrogen and oxygen atoms in total. The number of carbonyl (C=O) groups is 5. The molecule has 2 rings (SSSR count). The molecule has 11 heteroatoms. The SMILES string of the molecule is C=C1CCC(=O)N1OCC(=O)CCS(=O)CCC(=O)CON1C(=O)CCC1=O. The number of hydroxylamine groups is 4. The lowest BCUT2D eigenvalue weighted by molar-refractivity contribution is -0.188. The maximum absolute atomic E-state index is 11.9. The molecule has 0 spiro atoms. The van der Waals surface area contributed by atoms with Crippen LogP contribution in [-0.4, -0.2) is 68.3 Å². The third-order valence-electron chi connectivity index (χ3n) is 4.07. The Labute approximate surface area is 164 Å². The van der Waals surface area contributed by atoms with E-state index < -0.39 is 35.0 Å². The van der Waals surface area contributed by atoms with Crippen LogP contribution in [0.5, 0.6) is 0 Å². The van der Waals surface area contributed by atoms with Crippen molar-refractivity contribution in [3.63, 3.8) is 0 Å². The van der Waals surface area contributed by atoms with Crippen molar-refractivity contribution in [1.82, 2.24) is 10.1 Å². The smallest absolute Gasteiger partial charge is 0.254 e. The summed E-state index contributed by atoms with van der Waals surface area (Å²) in [6.45, 7) is 2.90. The van der Waals surface area contributed by atoms with Gasteiger partial charge in [-0.05, 0) is 6.42 Å². The Kier molecular flexibility index (Phi) is 8.15. The van der Waals surface area contributed by atoms with E-state index in [9.17, 15) is 28.2 Å². The standard InChI is InChI=1S/C17H22N2O8S/c1-12-2-3-15(22)18(12)26-10-13(20)6-8-28(25)9-7-14(21)11-27-19-16(23)4-5-17(19)24/h1-11H2. The van der Waals surface area contributed by atoms with Crippen LogP contribution in [0.25, 0.3) is 0 Å². The van der Waals surface area contributed by atoms with Gasteiger partial charge in [0, 0.05) is 60.1 Å². The summed E-state index contributed by atoms with van der Waals surface area (Å²) in [7, 11) is -1.40. The van der Waals surface area contributed by atoms with E-state index in [0.717, 1.165) is 5.06 Å². The van der Waals surface area contributed by atoms with E-state index in [2.05, 4.69) is 6.58 Å². The van der Waals surface area contributed by atoms with Crippen LogP contribution in [0, 0.1) is 0 Å². The second-order valence-corrected chi connectivity index (χ2v) is 8.00. The molecule has 2 saturated heterocycles. The first kappa shape index (κ1) is 22.1. The Morgan fingerprint density at radius 2 is 1.25 bits per heavy atom. The molecule has 0 aromatic carbocycles. The maximum Gasteiger partial charge on any atom is 0.254 e. The number of carbonyl (C=O) groups excluding carboxylic acids is 5. The predicted octanol–water partition coefficient (Wildman–Crippen LogP) is -0.198. The first-order valence-electron chi connectivity index (χ1n) is 8.78. The number of allylic oxidation sites excluding steroid dienone is 1. The molecular weight excluding hydrogens is 392 g/mol. The molecule has 0 radical (unpaired) electrons. The monoisotopic (exact) mass is 414 g/mol. The number of imide groups is 1. The van der Waals surface area contributed by atoms with Gasteiger partial charge in [0.25, 0.3) is 17.7 Å². The third-order valence-corrected chi connectivity index (χ3v) is 5.39. The van der Waals surface area contributed by atoms with Gasteiger partial charge in [-0.15, -0.1) is 0 Å². The highest BCUT2D eigenvalue weighted by molar-refractivity contribution is 7.85. The Bertz CT molecular complexity index is 630. The molecule has 0 saturated carbocycles. The summed E-state index contributed by atoms with van der Waals surface area (Å²) < 4.78 is 11.9. The Hall–Kier alpha value is -2.24. The number of hydrogen-bond donors (Lipinski definition) is 0. The lowest BCUT2D eigenvalue weighted by atomic mass is 10.3. The summed E-state index contributed by atoms with van der Waals surface area (Å²) in [6, 6.07) is 0. The lowest BCUT2D eigenvalue weighted by Crippen LogP contribution is -2.31. The number of Topliss-reactive ketones (excluding diaryl/α,β-unsaturated/α-hetero) is 2. The minimum atomic E-state index is -1.40. The van der Waals surface area contributed by atoms with E-state index in [1.165, 1.54) is 0 Å². The topological polar surface area (TPSA) is 127 Å². The minimum absolute atomic E-state index is 0.0113. The van der Waals surface area contributed by atoms with Gasteiger partial charge in [0.15, 0.2) is 11.6 Å². The minimum Gasteiger partial charge on any atom is -0.297 e. The Balaban J connectivity index is 1.57. The number of amides is 3. The number of ketones is 2. The zero-order valence-corrected chi connectivity index (χ0v) is 16.2. The van der Waals surface area contributed by atoms with Crippen LogP contribution in [0.4, 0.5) is 0 Å². The zero-order valence-electron chi connectivity index (χ0n) is 15.3. The van der Waals surface area contributed by atoms with Crippen molar-refractivity contribution in [2.45, 2.75) is 38.5 Å². The van der Waals surface area contributed by atoms with Gasteiger partial charge in [0.05, 0.1) is 0 Å². The molecule has 0 aromatic heterocycles. The molecule has 1 atom stereocenters. The van der Waals surface area contributed by atoms with Gasteiger partial charge in [0.1, 0.15) is 13.2 Å². The quantitative estimate of drug-likeness (QED) is 0.402. The lowest BCUT2D eigenvalue weighted by Gasteiger charge is -2.15. The Morgan fingerprint density at radius 1 is 0.821 bits per heavy atom. The molecule has 2 fully saturated rings. The van der Waals surface area contributed by atoms with Crippen molar-refractivity contribution in [3.8, 4) is 0 Å². The molecule has 28 heavy (non-hydrogen) atoms. The van der Waals surface area contributed by atoms with E-state index >= 15 is 0 Å². The second-order valence-electron chi connectivity index (χ2n) is 6.31. The molecule has 2 aliphatic heterocycles. The average Bonchev–Trinajstić information content (AvgIpc) is 3.15. The van der Waals surface area contributed by atoms with E-state index in [1.807, 2.05) is 0 Å². The summed E-state index contributed by atoms with van der Waals surface area (Å²) in [6.07, 6.45) is 0.853. The fourth-order valence-electron chi connectivity index (χ4n) is 2.47. The van der Waals surface area contributed by atoms with E-state index in [1.54, 1.807) is 0 Å². The number of hydrogen-bond acceptors (Lipinski definition) is 8. The number of nitrogens with zero attached hydrogens (tertiary/aromatic N) is 2. The Morgan fingerprint density at radius 3 is 1.71 bits per heavy atom. The number of rotatable bonds is 12. The van der Waals surface area contributed by atoms with Gasteiger partial charge < -0.3 is 0 Å².